The van der Waals surface area contributed by atoms with Gasteiger partial charge in [-0.25, -0.2) is 8.42 Å². The van der Waals surface area contributed by atoms with Crippen molar-refractivity contribution in [2.24, 2.45) is 0 Å². The summed E-state index contributed by atoms with van der Waals surface area (Å²) < 4.78 is 28.7. The zero-order chi connectivity index (χ0) is 17.9. The van der Waals surface area contributed by atoms with Crippen molar-refractivity contribution in [3.63, 3.8) is 0 Å². The Kier molecular flexibility index (Phi) is 5.98. The first kappa shape index (κ1) is 18.9. The van der Waals surface area contributed by atoms with Crippen molar-refractivity contribution in [1.82, 2.24) is 0 Å². The van der Waals surface area contributed by atoms with E-state index in [1.165, 1.54) is 24.3 Å². The molecule has 0 aromatic heterocycles. The normalized spacial score (nSPS) is 11.2. The highest BCUT2D eigenvalue weighted by Gasteiger charge is 2.15. The van der Waals surface area contributed by atoms with Crippen LogP contribution in [0.4, 0.5) is 5.69 Å². The second kappa shape index (κ2) is 7.61. The van der Waals surface area contributed by atoms with Crippen LogP contribution in [-0.4, -0.2) is 27.2 Å². The Morgan fingerprint density at radius 2 is 1.71 bits per heavy atom. The fourth-order valence-electron chi connectivity index (χ4n) is 1.84. The van der Waals surface area contributed by atoms with Crippen LogP contribution < -0.4 is 10.1 Å². The van der Waals surface area contributed by atoms with E-state index in [1.807, 2.05) is 0 Å². The highest BCUT2D eigenvalue weighted by atomic mass is 35.5. The lowest BCUT2D eigenvalue weighted by molar-refractivity contribution is -0.118. The van der Waals surface area contributed by atoms with Gasteiger partial charge in [0.1, 0.15) is 5.75 Å². The highest BCUT2D eigenvalue weighted by molar-refractivity contribution is 7.90. The first-order valence-corrected chi connectivity index (χ1v) is 9.57. The molecular formula is C15H12Cl3NO4S. The monoisotopic (exact) mass is 407 g/mol. The second-order valence-electron chi connectivity index (χ2n) is 4.80. The molecule has 0 radical (unpaired) electrons. The number of benzene rings is 2. The third kappa shape index (κ3) is 4.77. The predicted molar refractivity (Wildman–Crippen MR) is 95.1 cm³/mol. The average Bonchev–Trinajstić information content (AvgIpc) is 2.49. The van der Waals surface area contributed by atoms with Crippen LogP contribution in [0.15, 0.2) is 41.3 Å². The van der Waals surface area contributed by atoms with Gasteiger partial charge in [-0.05, 0) is 18.2 Å². The van der Waals surface area contributed by atoms with Gasteiger partial charge in [-0.1, -0.05) is 46.9 Å². The minimum Gasteiger partial charge on any atom is -0.482 e. The Labute approximate surface area is 154 Å². The maximum atomic E-state index is 12.0. The summed E-state index contributed by atoms with van der Waals surface area (Å²) in [6, 6.07) is 8.86. The maximum Gasteiger partial charge on any atom is 0.262 e. The minimum absolute atomic E-state index is 0.0194. The number of rotatable bonds is 5. The lowest BCUT2D eigenvalue weighted by atomic mass is 10.3. The standard InChI is InChI=1S/C15H12Cl3NO4S/c1-24(21,22)14-5-3-2-4-12(14)19-15(20)8-23-13-7-10(17)9(16)6-11(13)18/h2-7H,8H2,1H3,(H,19,20). The molecule has 2 aromatic carbocycles. The molecule has 2 rings (SSSR count). The number of sulfone groups is 1. The van der Waals surface area contributed by atoms with Gasteiger partial charge in [0, 0.05) is 12.3 Å². The van der Waals surface area contributed by atoms with Crippen LogP contribution in [-0.2, 0) is 14.6 Å². The van der Waals surface area contributed by atoms with Gasteiger partial charge in [-0.3, -0.25) is 4.79 Å². The lowest BCUT2D eigenvalue weighted by Gasteiger charge is -2.11. The molecule has 1 N–H and O–H groups in total. The van der Waals surface area contributed by atoms with Crippen molar-refractivity contribution in [2.75, 3.05) is 18.2 Å². The molecule has 0 saturated carbocycles. The number of hydrogen-bond acceptors (Lipinski definition) is 4. The summed E-state index contributed by atoms with van der Waals surface area (Å²) in [7, 11) is -3.47. The molecule has 0 fully saturated rings. The predicted octanol–water partition coefficient (Wildman–Crippen LogP) is 4.07. The van der Waals surface area contributed by atoms with Gasteiger partial charge < -0.3 is 10.1 Å². The molecule has 5 nitrogen and oxygen atoms in total. The van der Waals surface area contributed by atoms with Crippen molar-refractivity contribution in [3.8, 4) is 5.75 Å². The Morgan fingerprint density at radius 1 is 1.08 bits per heavy atom. The van der Waals surface area contributed by atoms with Crippen molar-refractivity contribution in [2.45, 2.75) is 4.90 Å². The zero-order valence-electron chi connectivity index (χ0n) is 12.3. The summed E-state index contributed by atoms with van der Waals surface area (Å²) >= 11 is 17.6. The largest absolute Gasteiger partial charge is 0.482 e. The SMILES string of the molecule is CS(=O)(=O)c1ccccc1NC(=O)COc1cc(Cl)c(Cl)cc1Cl. The van der Waals surface area contributed by atoms with Crippen LogP contribution in [0.5, 0.6) is 5.75 Å². The summed E-state index contributed by atoms with van der Waals surface area (Å²) in [4.78, 5) is 12.0. The Balaban J connectivity index is 2.09. The Hall–Kier alpha value is -1.47. The number of hydrogen-bond donors (Lipinski definition) is 1. The molecule has 0 bridgehead atoms. The van der Waals surface area contributed by atoms with Gasteiger partial charge in [0.25, 0.3) is 5.91 Å². The molecule has 1 amide bonds. The van der Waals surface area contributed by atoms with Crippen LogP contribution in [0.25, 0.3) is 0 Å². The maximum absolute atomic E-state index is 12.0. The minimum atomic E-state index is -3.47. The molecule has 0 unspecified atom stereocenters. The van der Waals surface area contributed by atoms with Crippen LogP contribution in [0.2, 0.25) is 15.1 Å². The van der Waals surface area contributed by atoms with E-state index in [2.05, 4.69) is 5.32 Å². The number of carbonyl (C=O) groups excluding carboxylic acids is 1. The topological polar surface area (TPSA) is 72.5 Å². The molecule has 0 atom stereocenters. The average molecular weight is 409 g/mol. The van der Waals surface area contributed by atoms with Gasteiger partial charge >= 0.3 is 0 Å². The Bertz CT molecular complexity index is 884. The van der Waals surface area contributed by atoms with Crippen molar-refractivity contribution in [1.29, 1.82) is 0 Å². The number of ether oxygens (including phenoxy) is 1. The fourth-order valence-corrected chi connectivity index (χ4v) is 3.27. The smallest absolute Gasteiger partial charge is 0.262 e. The number of anilines is 1. The summed E-state index contributed by atoms with van der Waals surface area (Å²) in [5.74, 6) is -0.356. The van der Waals surface area contributed by atoms with E-state index in [-0.39, 0.29) is 38.0 Å². The first-order valence-electron chi connectivity index (χ1n) is 6.55. The van der Waals surface area contributed by atoms with E-state index < -0.39 is 15.7 Å². The number of para-hydroxylation sites is 1. The van der Waals surface area contributed by atoms with Gasteiger partial charge in [0.2, 0.25) is 0 Å². The molecular weight excluding hydrogens is 397 g/mol. The van der Waals surface area contributed by atoms with Crippen molar-refractivity contribution < 1.29 is 17.9 Å². The number of amides is 1. The van der Waals surface area contributed by atoms with E-state index in [4.69, 9.17) is 39.5 Å². The molecule has 0 spiro atoms. The van der Waals surface area contributed by atoms with Crippen molar-refractivity contribution in [3.05, 3.63) is 51.5 Å². The van der Waals surface area contributed by atoms with Gasteiger partial charge in [-0.2, -0.15) is 0 Å². The summed E-state index contributed by atoms with van der Waals surface area (Å²) in [5, 5.41) is 3.19. The zero-order valence-corrected chi connectivity index (χ0v) is 15.4. The summed E-state index contributed by atoms with van der Waals surface area (Å²) in [5.41, 5.74) is 0.175. The van der Waals surface area contributed by atoms with Gasteiger partial charge in [0.15, 0.2) is 16.4 Å². The molecule has 0 aliphatic heterocycles. The van der Waals surface area contributed by atoms with Crippen molar-refractivity contribution >= 4 is 56.2 Å². The number of carbonyl (C=O) groups is 1. The van der Waals surface area contributed by atoms with Gasteiger partial charge in [0.05, 0.1) is 25.7 Å². The number of nitrogens with one attached hydrogen (secondary N) is 1. The third-order valence-corrected chi connectivity index (χ3v) is 5.07. The summed E-state index contributed by atoms with van der Waals surface area (Å²) in [6.07, 6.45) is 1.06. The fraction of sp³-hybridized carbons (Fsp3) is 0.133. The van der Waals surface area contributed by atoms with Crippen LogP contribution >= 0.6 is 34.8 Å². The molecule has 0 aliphatic rings. The van der Waals surface area contributed by atoms with E-state index >= 15 is 0 Å². The van der Waals surface area contributed by atoms with Gasteiger partial charge in [-0.15, -0.1) is 0 Å². The molecule has 128 valence electrons. The Morgan fingerprint density at radius 3 is 2.38 bits per heavy atom. The van der Waals surface area contributed by atoms with E-state index in [1.54, 1.807) is 12.1 Å². The lowest BCUT2D eigenvalue weighted by Crippen LogP contribution is -2.21. The first-order chi connectivity index (χ1) is 11.2. The molecule has 0 aliphatic carbocycles. The van der Waals surface area contributed by atoms with E-state index in [0.717, 1.165) is 6.26 Å². The molecule has 0 heterocycles. The van der Waals surface area contributed by atoms with E-state index in [0.29, 0.717) is 0 Å². The quantitative estimate of drug-likeness (QED) is 0.757. The molecule has 2 aromatic rings. The third-order valence-electron chi connectivity index (χ3n) is 2.89. The molecule has 9 heteroatoms. The van der Waals surface area contributed by atoms with Crippen LogP contribution in [0, 0.1) is 0 Å². The molecule has 0 saturated heterocycles. The van der Waals surface area contributed by atoms with Crippen LogP contribution in [0.3, 0.4) is 0 Å². The highest BCUT2D eigenvalue weighted by Crippen LogP contribution is 2.33. The second-order valence-corrected chi connectivity index (χ2v) is 8.01. The van der Waals surface area contributed by atoms with E-state index in [9.17, 15) is 13.2 Å². The van der Waals surface area contributed by atoms with Crippen LogP contribution in [0.1, 0.15) is 0 Å². The molecule has 24 heavy (non-hydrogen) atoms. The number of halogens is 3. The summed E-state index contributed by atoms with van der Waals surface area (Å²) in [6.45, 7) is -0.379.